The Bertz CT molecular complexity index is 833. The third kappa shape index (κ3) is 6.28. The van der Waals surface area contributed by atoms with Gasteiger partial charge in [0, 0.05) is 5.92 Å². The number of hydrogen-bond acceptors (Lipinski definition) is 0. The molecule has 4 rings (SSSR count). The first-order valence-electron chi connectivity index (χ1n) is 14.0. The highest BCUT2D eigenvalue weighted by Crippen LogP contribution is 2.47. The highest BCUT2D eigenvalue weighted by molar-refractivity contribution is 5.68. The summed E-state index contributed by atoms with van der Waals surface area (Å²) in [6.45, 7) is 4.52. The molecule has 0 heterocycles. The summed E-state index contributed by atoms with van der Waals surface area (Å²) < 4.78 is 15.8. The lowest BCUT2D eigenvalue weighted by atomic mass is 9.66. The molecule has 0 nitrogen and oxygen atoms in total. The van der Waals surface area contributed by atoms with Gasteiger partial charge in [0.05, 0.1) is 0 Å². The molecule has 2 aromatic carbocycles. The van der Waals surface area contributed by atoms with Crippen molar-refractivity contribution in [1.29, 1.82) is 0 Å². The minimum absolute atomic E-state index is 0.0543. The van der Waals surface area contributed by atoms with Crippen LogP contribution in [-0.4, -0.2) is 6.17 Å². The van der Waals surface area contributed by atoms with Crippen LogP contribution in [0.2, 0.25) is 0 Å². The van der Waals surface area contributed by atoms with Crippen LogP contribution in [0.25, 0.3) is 11.1 Å². The van der Waals surface area contributed by atoms with Crippen LogP contribution in [0, 0.1) is 17.8 Å². The van der Waals surface area contributed by atoms with E-state index in [0.29, 0.717) is 5.92 Å². The standard InChI is InChI=1S/C32H45F/c1-3-5-7-11-24-14-17-26(18-15-24)28-19-21-30(32(33)23-28)31-22-25(10-4-2)16-20-29(31)27-12-8-6-9-13-27/h6,8-9,12-13,16,20,22,24,26,28,30,32H,3-5,7,10-11,14-15,17-19,21,23H2,1-2H3. The molecule has 0 aromatic heterocycles. The van der Waals surface area contributed by atoms with Gasteiger partial charge in [-0.2, -0.15) is 0 Å². The van der Waals surface area contributed by atoms with Gasteiger partial charge in [0.2, 0.25) is 0 Å². The zero-order chi connectivity index (χ0) is 23.0. The number of aryl methyl sites for hydroxylation is 1. The minimum Gasteiger partial charge on any atom is -0.247 e. The third-order valence-corrected chi connectivity index (χ3v) is 8.73. The molecule has 0 bridgehead atoms. The summed E-state index contributed by atoms with van der Waals surface area (Å²) in [6.07, 6.45) is 15.5. The summed E-state index contributed by atoms with van der Waals surface area (Å²) >= 11 is 0. The fourth-order valence-corrected chi connectivity index (χ4v) is 6.80. The van der Waals surface area contributed by atoms with E-state index in [4.69, 9.17) is 0 Å². The lowest BCUT2D eigenvalue weighted by Gasteiger charge is -2.40. The number of halogens is 1. The maximum atomic E-state index is 15.8. The first kappa shape index (κ1) is 24.5. The fourth-order valence-electron chi connectivity index (χ4n) is 6.80. The molecule has 2 fully saturated rings. The van der Waals surface area contributed by atoms with Crippen molar-refractivity contribution in [3.63, 3.8) is 0 Å². The summed E-state index contributed by atoms with van der Waals surface area (Å²) in [5.41, 5.74) is 5.10. The lowest BCUT2D eigenvalue weighted by molar-refractivity contribution is 0.101. The maximum absolute atomic E-state index is 15.8. The highest BCUT2D eigenvalue weighted by atomic mass is 19.1. The second kappa shape index (κ2) is 12.2. The average molecular weight is 449 g/mol. The van der Waals surface area contributed by atoms with Gasteiger partial charge in [0.1, 0.15) is 6.17 Å². The van der Waals surface area contributed by atoms with Gasteiger partial charge < -0.3 is 0 Å². The molecule has 0 N–H and O–H groups in total. The molecule has 1 heteroatoms. The van der Waals surface area contributed by atoms with E-state index in [1.807, 2.05) is 0 Å². The van der Waals surface area contributed by atoms with E-state index in [-0.39, 0.29) is 5.92 Å². The van der Waals surface area contributed by atoms with Crippen LogP contribution in [0.3, 0.4) is 0 Å². The molecule has 33 heavy (non-hydrogen) atoms. The van der Waals surface area contributed by atoms with Crippen LogP contribution in [0.5, 0.6) is 0 Å². The van der Waals surface area contributed by atoms with Crippen LogP contribution >= 0.6 is 0 Å². The number of alkyl halides is 1. The van der Waals surface area contributed by atoms with Crippen molar-refractivity contribution < 1.29 is 4.39 Å². The first-order valence-corrected chi connectivity index (χ1v) is 14.0. The Hall–Kier alpha value is -1.63. The molecule has 180 valence electrons. The van der Waals surface area contributed by atoms with Gasteiger partial charge in [-0.3, -0.25) is 0 Å². The summed E-state index contributed by atoms with van der Waals surface area (Å²) in [5.74, 6) is 2.37. The van der Waals surface area contributed by atoms with Crippen molar-refractivity contribution in [3.05, 3.63) is 59.7 Å². The molecule has 0 radical (unpaired) electrons. The van der Waals surface area contributed by atoms with Crippen molar-refractivity contribution in [1.82, 2.24) is 0 Å². The zero-order valence-electron chi connectivity index (χ0n) is 21.1. The zero-order valence-corrected chi connectivity index (χ0v) is 21.1. The summed E-state index contributed by atoms with van der Waals surface area (Å²) in [5, 5.41) is 0. The maximum Gasteiger partial charge on any atom is 0.107 e. The molecular formula is C32H45F. The monoisotopic (exact) mass is 448 g/mol. The van der Waals surface area contributed by atoms with Crippen LogP contribution < -0.4 is 0 Å². The molecule has 2 aromatic rings. The molecule has 2 aliphatic rings. The fraction of sp³-hybridized carbons (Fsp3) is 0.625. The number of benzene rings is 2. The predicted octanol–water partition coefficient (Wildman–Crippen LogP) is 9.91. The van der Waals surface area contributed by atoms with Crippen molar-refractivity contribution in [2.75, 3.05) is 0 Å². The van der Waals surface area contributed by atoms with Gasteiger partial charge in [-0.15, -0.1) is 0 Å². The average Bonchev–Trinajstić information content (AvgIpc) is 2.85. The van der Waals surface area contributed by atoms with E-state index in [1.165, 1.54) is 80.0 Å². The Balaban J connectivity index is 1.42. The van der Waals surface area contributed by atoms with E-state index in [2.05, 4.69) is 62.4 Å². The van der Waals surface area contributed by atoms with Crippen LogP contribution in [0.1, 0.15) is 108 Å². The summed E-state index contributed by atoms with van der Waals surface area (Å²) in [4.78, 5) is 0. The predicted molar refractivity (Wildman–Crippen MR) is 140 cm³/mol. The highest BCUT2D eigenvalue weighted by Gasteiger charge is 2.37. The Labute approximate surface area is 202 Å². The lowest BCUT2D eigenvalue weighted by Crippen LogP contribution is -2.31. The Morgan fingerprint density at radius 3 is 2.24 bits per heavy atom. The summed E-state index contributed by atoms with van der Waals surface area (Å²) in [6, 6.07) is 17.5. The Morgan fingerprint density at radius 2 is 1.55 bits per heavy atom. The van der Waals surface area contributed by atoms with Gasteiger partial charge in [0.15, 0.2) is 0 Å². The molecule has 0 amide bonds. The molecule has 2 saturated carbocycles. The molecular weight excluding hydrogens is 403 g/mol. The number of hydrogen-bond donors (Lipinski definition) is 0. The van der Waals surface area contributed by atoms with Crippen LogP contribution in [-0.2, 0) is 6.42 Å². The van der Waals surface area contributed by atoms with E-state index in [1.54, 1.807) is 0 Å². The SMILES string of the molecule is CCCCCC1CCC(C2CCC(c3cc(CCC)ccc3-c3ccccc3)C(F)C2)CC1. The van der Waals surface area contributed by atoms with Crippen molar-refractivity contribution in [2.24, 2.45) is 17.8 Å². The Kier molecular flexibility index (Phi) is 9.04. The van der Waals surface area contributed by atoms with Crippen molar-refractivity contribution in [3.8, 4) is 11.1 Å². The van der Waals surface area contributed by atoms with Gasteiger partial charge in [-0.25, -0.2) is 4.39 Å². The molecule has 3 atom stereocenters. The summed E-state index contributed by atoms with van der Waals surface area (Å²) in [7, 11) is 0. The largest absolute Gasteiger partial charge is 0.247 e. The van der Waals surface area contributed by atoms with Crippen molar-refractivity contribution in [2.45, 2.75) is 109 Å². The second-order valence-electron chi connectivity index (χ2n) is 11.0. The van der Waals surface area contributed by atoms with Gasteiger partial charge in [0.25, 0.3) is 0 Å². The molecule has 2 aliphatic carbocycles. The molecule has 0 aliphatic heterocycles. The van der Waals surface area contributed by atoms with Gasteiger partial charge >= 0.3 is 0 Å². The molecule has 0 spiro atoms. The van der Waals surface area contributed by atoms with Gasteiger partial charge in [-0.05, 0) is 78.5 Å². The smallest absolute Gasteiger partial charge is 0.107 e. The molecule has 3 unspecified atom stereocenters. The number of unbranched alkanes of at least 4 members (excludes halogenated alkanes) is 2. The number of rotatable bonds is 9. The topological polar surface area (TPSA) is 0 Å². The van der Waals surface area contributed by atoms with E-state index in [0.717, 1.165) is 37.5 Å². The normalized spacial score (nSPS) is 28.0. The third-order valence-electron chi connectivity index (χ3n) is 8.73. The van der Waals surface area contributed by atoms with Crippen molar-refractivity contribution >= 4 is 0 Å². The quantitative estimate of drug-likeness (QED) is 0.335. The Morgan fingerprint density at radius 1 is 0.788 bits per heavy atom. The van der Waals surface area contributed by atoms with E-state index >= 15 is 4.39 Å². The minimum atomic E-state index is -0.703. The van der Waals surface area contributed by atoms with Crippen LogP contribution in [0.15, 0.2) is 48.5 Å². The van der Waals surface area contributed by atoms with E-state index < -0.39 is 6.17 Å². The molecule has 0 saturated heterocycles. The second-order valence-corrected chi connectivity index (χ2v) is 11.0. The van der Waals surface area contributed by atoms with Gasteiger partial charge in [-0.1, -0.05) is 107 Å². The first-order chi connectivity index (χ1) is 16.2. The van der Waals surface area contributed by atoms with E-state index in [9.17, 15) is 0 Å². The van der Waals surface area contributed by atoms with Crippen LogP contribution in [0.4, 0.5) is 4.39 Å².